The first-order chi connectivity index (χ1) is 15.5. The van der Waals surface area contributed by atoms with Crippen molar-refractivity contribution in [1.82, 2.24) is 9.88 Å². The zero-order valence-electron chi connectivity index (χ0n) is 19.4. The number of alkyl halides is 3. The second kappa shape index (κ2) is 8.63. The summed E-state index contributed by atoms with van der Waals surface area (Å²) in [4.78, 5) is 18.7. The molecule has 1 aromatic heterocycles. The minimum absolute atomic E-state index is 0.182. The fourth-order valence-electron chi connectivity index (χ4n) is 5.17. The summed E-state index contributed by atoms with van der Waals surface area (Å²) in [5.41, 5.74) is 1.08. The van der Waals surface area contributed by atoms with Gasteiger partial charge in [-0.1, -0.05) is 13.0 Å². The van der Waals surface area contributed by atoms with Crippen LogP contribution in [0.4, 0.5) is 18.9 Å². The molecule has 0 spiro atoms. The number of carbonyl (C=O) groups is 1. The highest BCUT2D eigenvalue weighted by Crippen LogP contribution is 2.46. The van der Waals surface area contributed by atoms with Gasteiger partial charge in [-0.3, -0.25) is 9.69 Å². The predicted molar refractivity (Wildman–Crippen MR) is 120 cm³/mol. The van der Waals surface area contributed by atoms with Crippen LogP contribution >= 0.6 is 0 Å². The lowest BCUT2D eigenvalue weighted by Crippen LogP contribution is -2.44. The summed E-state index contributed by atoms with van der Waals surface area (Å²) in [6.07, 6.45) is 0.166. The van der Waals surface area contributed by atoms with E-state index in [2.05, 4.69) is 36.0 Å². The third-order valence-electron chi connectivity index (χ3n) is 7.09. The van der Waals surface area contributed by atoms with E-state index in [1.165, 1.54) is 44.9 Å². The zero-order valence-corrected chi connectivity index (χ0v) is 19.4. The van der Waals surface area contributed by atoms with Gasteiger partial charge < -0.3 is 10.1 Å². The topological polar surface area (TPSA) is 54.5 Å². The van der Waals surface area contributed by atoms with Crippen molar-refractivity contribution in [2.45, 2.75) is 70.8 Å². The van der Waals surface area contributed by atoms with E-state index in [1.807, 2.05) is 12.1 Å². The Balaban J connectivity index is 1.60. The Bertz CT molecular complexity index is 1040. The van der Waals surface area contributed by atoms with Gasteiger partial charge >= 0.3 is 6.18 Å². The zero-order chi connectivity index (χ0) is 24.0. The number of carbonyl (C=O) groups excluding carboxylic acids is 1. The standard InChI is InChI=1S/C25H30F3N3O2/c1-15-8-10-17(11-9-15)31-14-16-12-20(21(33-4)13-18(16)24(31,2)3)30-23(32)19-6-5-7-22(29-19)25(26,27)28/h5-7,12-13,15,17H,8-11,14H2,1-4H3,(H,30,32). The van der Waals surface area contributed by atoms with Gasteiger partial charge in [-0.25, -0.2) is 4.98 Å². The maximum absolute atomic E-state index is 13.0. The van der Waals surface area contributed by atoms with Crippen LogP contribution in [0.1, 0.15) is 73.8 Å². The lowest BCUT2D eigenvalue weighted by atomic mass is 9.84. The van der Waals surface area contributed by atoms with Crippen LogP contribution < -0.4 is 10.1 Å². The molecule has 2 aliphatic rings. The number of hydrogen-bond donors (Lipinski definition) is 1. The van der Waals surface area contributed by atoms with E-state index in [0.717, 1.165) is 29.7 Å². The van der Waals surface area contributed by atoms with Crippen molar-refractivity contribution in [3.8, 4) is 5.75 Å². The Hall–Kier alpha value is -2.61. The minimum Gasteiger partial charge on any atom is -0.495 e. The van der Waals surface area contributed by atoms with Gasteiger partial charge in [0.25, 0.3) is 5.91 Å². The number of benzene rings is 1. The predicted octanol–water partition coefficient (Wildman–Crippen LogP) is 5.99. The number of halogens is 3. The van der Waals surface area contributed by atoms with Crippen LogP contribution in [0, 0.1) is 5.92 Å². The third-order valence-corrected chi connectivity index (χ3v) is 7.09. The lowest BCUT2D eigenvalue weighted by molar-refractivity contribution is -0.141. The Morgan fingerprint density at radius 3 is 2.52 bits per heavy atom. The van der Waals surface area contributed by atoms with Crippen LogP contribution in [0.5, 0.6) is 5.75 Å². The molecule has 4 rings (SSSR count). The van der Waals surface area contributed by atoms with Crippen molar-refractivity contribution in [2.75, 3.05) is 12.4 Å². The average molecular weight is 462 g/mol. The van der Waals surface area contributed by atoms with Crippen LogP contribution in [0.2, 0.25) is 0 Å². The average Bonchev–Trinajstić information content (AvgIpc) is 3.03. The van der Waals surface area contributed by atoms with E-state index in [9.17, 15) is 18.0 Å². The van der Waals surface area contributed by atoms with Crippen molar-refractivity contribution in [1.29, 1.82) is 0 Å². The van der Waals surface area contributed by atoms with Gasteiger partial charge in [-0.2, -0.15) is 13.2 Å². The highest BCUT2D eigenvalue weighted by Gasteiger charge is 2.42. The highest BCUT2D eigenvalue weighted by atomic mass is 19.4. The summed E-state index contributed by atoms with van der Waals surface area (Å²) in [5, 5.41) is 2.70. The SMILES string of the molecule is COc1cc2c(cc1NC(=O)c1cccc(C(F)(F)F)n1)CN(C1CCC(C)CC1)C2(C)C. The molecule has 2 aromatic rings. The Kier molecular flexibility index (Phi) is 6.16. The molecule has 1 N–H and O–H groups in total. The monoisotopic (exact) mass is 461 g/mol. The molecule has 2 heterocycles. The molecule has 0 saturated heterocycles. The number of amides is 1. The first kappa shape index (κ1) is 23.5. The third kappa shape index (κ3) is 4.58. The van der Waals surface area contributed by atoms with E-state index < -0.39 is 17.8 Å². The van der Waals surface area contributed by atoms with Crippen molar-refractivity contribution in [3.63, 3.8) is 0 Å². The number of fused-ring (bicyclic) bond motifs is 1. The summed E-state index contributed by atoms with van der Waals surface area (Å²) in [6, 6.07) is 7.61. The van der Waals surface area contributed by atoms with Crippen LogP contribution in [0.3, 0.4) is 0 Å². The van der Waals surface area contributed by atoms with Gasteiger partial charge in [0.05, 0.1) is 12.8 Å². The molecule has 5 nitrogen and oxygen atoms in total. The first-order valence-electron chi connectivity index (χ1n) is 11.3. The lowest BCUT2D eigenvalue weighted by Gasteiger charge is -2.41. The number of hydrogen-bond acceptors (Lipinski definition) is 4. The molecule has 0 radical (unpaired) electrons. The maximum Gasteiger partial charge on any atom is 0.433 e. The minimum atomic E-state index is -4.62. The number of rotatable bonds is 4. The molecule has 178 valence electrons. The molecule has 1 aliphatic heterocycles. The van der Waals surface area contributed by atoms with Gasteiger partial charge in [0.15, 0.2) is 0 Å². The summed E-state index contributed by atoms with van der Waals surface area (Å²) >= 11 is 0. The molecule has 8 heteroatoms. The van der Waals surface area contributed by atoms with Crippen molar-refractivity contribution >= 4 is 11.6 Å². The molecule has 1 amide bonds. The molecule has 1 saturated carbocycles. The highest BCUT2D eigenvalue weighted by molar-refractivity contribution is 6.03. The fourth-order valence-corrected chi connectivity index (χ4v) is 5.17. The van der Waals surface area contributed by atoms with Gasteiger partial charge in [0, 0.05) is 18.1 Å². The van der Waals surface area contributed by atoms with E-state index in [-0.39, 0.29) is 11.2 Å². The Labute approximate surface area is 192 Å². The van der Waals surface area contributed by atoms with Crippen LogP contribution in [-0.4, -0.2) is 28.9 Å². The second-order valence-electron chi connectivity index (χ2n) is 9.67. The molecule has 0 bridgehead atoms. The maximum atomic E-state index is 13.0. The van der Waals surface area contributed by atoms with E-state index >= 15 is 0 Å². The van der Waals surface area contributed by atoms with Crippen molar-refractivity contribution < 1.29 is 22.7 Å². The quantitative estimate of drug-likeness (QED) is 0.608. The summed E-state index contributed by atoms with van der Waals surface area (Å²) < 4.78 is 44.5. The van der Waals surface area contributed by atoms with E-state index in [4.69, 9.17) is 4.74 Å². The second-order valence-corrected chi connectivity index (χ2v) is 9.67. The van der Waals surface area contributed by atoms with Crippen LogP contribution in [0.25, 0.3) is 0 Å². The number of methoxy groups -OCH3 is 1. The summed E-state index contributed by atoms with van der Waals surface area (Å²) in [5.74, 6) is 0.525. The number of ether oxygens (including phenoxy) is 1. The molecule has 0 unspecified atom stereocenters. The summed E-state index contributed by atoms with van der Waals surface area (Å²) in [6.45, 7) is 7.48. The van der Waals surface area contributed by atoms with Crippen molar-refractivity contribution in [2.24, 2.45) is 5.92 Å². The van der Waals surface area contributed by atoms with E-state index in [1.54, 1.807) is 0 Å². The number of anilines is 1. The summed E-state index contributed by atoms with van der Waals surface area (Å²) in [7, 11) is 1.52. The molecule has 1 aliphatic carbocycles. The smallest absolute Gasteiger partial charge is 0.433 e. The van der Waals surface area contributed by atoms with Gasteiger partial charge in [0.1, 0.15) is 17.1 Å². The van der Waals surface area contributed by atoms with Crippen molar-refractivity contribution in [3.05, 3.63) is 52.8 Å². The molecule has 33 heavy (non-hydrogen) atoms. The molecular formula is C25H30F3N3O2. The first-order valence-corrected chi connectivity index (χ1v) is 11.3. The molecule has 1 fully saturated rings. The molecular weight excluding hydrogens is 431 g/mol. The number of nitrogens with zero attached hydrogens (tertiary/aromatic N) is 2. The van der Waals surface area contributed by atoms with Gasteiger partial charge in [0.2, 0.25) is 0 Å². The molecule has 1 aromatic carbocycles. The van der Waals surface area contributed by atoms with Gasteiger partial charge in [-0.05, 0) is 80.8 Å². The number of nitrogens with one attached hydrogen (secondary N) is 1. The normalized spacial score (nSPS) is 22.6. The van der Waals surface area contributed by atoms with Crippen LogP contribution in [0.15, 0.2) is 30.3 Å². The van der Waals surface area contributed by atoms with Crippen LogP contribution in [-0.2, 0) is 18.3 Å². The van der Waals surface area contributed by atoms with E-state index in [0.29, 0.717) is 17.5 Å². The molecule has 0 atom stereocenters. The Morgan fingerprint density at radius 1 is 1.18 bits per heavy atom. The largest absolute Gasteiger partial charge is 0.495 e. The fraction of sp³-hybridized carbons (Fsp3) is 0.520. The van der Waals surface area contributed by atoms with Gasteiger partial charge in [-0.15, -0.1) is 0 Å². The number of aromatic nitrogens is 1. The Morgan fingerprint density at radius 2 is 1.88 bits per heavy atom. The number of pyridine rings is 1.